The van der Waals surface area contributed by atoms with Crippen LogP contribution in [0, 0.1) is 12.7 Å². The van der Waals surface area contributed by atoms with Crippen LogP contribution in [-0.4, -0.2) is 18.6 Å². The number of pyridine rings is 1. The molecule has 1 N–H and O–H groups in total. The monoisotopic (exact) mass is 218 g/mol. The van der Waals surface area contributed by atoms with Gasteiger partial charge in [0.2, 0.25) is 0 Å². The van der Waals surface area contributed by atoms with Crippen LogP contribution in [0.25, 0.3) is 10.9 Å². The molecule has 0 spiro atoms. The molecule has 3 heteroatoms. The number of nitrogens with one attached hydrogen (secondary N) is 1. The summed E-state index contributed by atoms with van der Waals surface area (Å²) in [6, 6.07) is 6.76. The number of hydrogen-bond acceptors (Lipinski definition) is 2. The van der Waals surface area contributed by atoms with Crippen molar-refractivity contribution < 1.29 is 4.39 Å². The first kappa shape index (κ1) is 11.0. The smallest absolute Gasteiger partial charge is 0.123 e. The van der Waals surface area contributed by atoms with E-state index in [1.165, 1.54) is 6.07 Å². The van der Waals surface area contributed by atoms with E-state index in [-0.39, 0.29) is 5.82 Å². The molecular formula is C13H15FN2. The van der Waals surface area contributed by atoms with E-state index in [1.54, 1.807) is 12.1 Å². The van der Waals surface area contributed by atoms with Crippen molar-refractivity contribution in [3.8, 4) is 0 Å². The molecule has 84 valence electrons. The minimum atomic E-state index is -0.208. The molecule has 0 saturated carbocycles. The van der Waals surface area contributed by atoms with Crippen LogP contribution in [-0.2, 0) is 6.42 Å². The molecule has 2 aromatic rings. The minimum absolute atomic E-state index is 0.208. The highest BCUT2D eigenvalue weighted by Crippen LogP contribution is 2.19. The molecule has 0 atom stereocenters. The number of fused-ring (bicyclic) bond motifs is 1. The first-order valence-corrected chi connectivity index (χ1v) is 5.41. The lowest BCUT2D eigenvalue weighted by atomic mass is 10.1. The molecule has 1 aromatic carbocycles. The second-order valence-electron chi connectivity index (χ2n) is 3.95. The molecule has 0 aliphatic rings. The van der Waals surface area contributed by atoms with Crippen LogP contribution in [0.2, 0.25) is 0 Å². The number of halogens is 1. The van der Waals surface area contributed by atoms with Crippen LogP contribution < -0.4 is 5.32 Å². The number of aromatic nitrogens is 1. The summed E-state index contributed by atoms with van der Waals surface area (Å²) in [7, 11) is 1.92. The Bertz CT molecular complexity index is 509. The quantitative estimate of drug-likeness (QED) is 0.856. The summed E-state index contributed by atoms with van der Waals surface area (Å²) in [6.45, 7) is 2.89. The van der Waals surface area contributed by atoms with Gasteiger partial charge in [-0.1, -0.05) is 0 Å². The fraction of sp³-hybridized carbons (Fsp3) is 0.308. The third kappa shape index (κ3) is 2.19. The summed E-state index contributed by atoms with van der Waals surface area (Å²) in [6.07, 6.45) is 0.894. The number of nitrogens with zero attached hydrogens (tertiary/aromatic N) is 1. The number of hydrogen-bond donors (Lipinski definition) is 1. The normalized spacial score (nSPS) is 10.9. The Morgan fingerprint density at radius 3 is 2.88 bits per heavy atom. The number of rotatable bonds is 3. The Labute approximate surface area is 94.5 Å². The van der Waals surface area contributed by atoms with Gasteiger partial charge in [-0.2, -0.15) is 0 Å². The van der Waals surface area contributed by atoms with Gasteiger partial charge in [0, 0.05) is 24.0 Å². The second-order valence-corrected chi connectivity index (χ2v) is 3.95. The fourth-order valence-electron chi connectivity index (χ4n) is 1.82. The van der Waals surface area contributed by atoms with Crippen molar-refractivity contribution in [1.82, 2.24) is 10.3 Å². The van der Waals surface area contributed by atoms with Gasteiger partial charge < -0.3 is 5.32 Å². The van der Waals surface area contributed by atoms with Gasteiger partial charge in [0.1, 0.15) is 5.82 Å². The lowest BCUT2D eigenvalue weighted by molar-refractivity contribution is 0.629. The number of benzene rings is 1. The van der Waals surface area contributed by atoms with Gasteiger partial charge in [-0.3, -0.25) is 4.98 Å². The van der Waals surface area contributed by atoms with Gasteiger partial charge in [-0.15, -0.1) is 0 Å². The summed E-state index contributed by atoms with van der Waals surface area (Å²) in [5, 5.41) is 3.99. The van der Waals surface area contributed by atoms with Gasteiger partial charge in [0.05, 0.1) is 5.52 Å². The number of aryl methyl sites for hydroxylation is 1. The van der Waals surface area contributed by atoms with Gasteiger partial charge >= 0.3 is 0 Å². The standard InChI is InChI=1S/C13H15FN2/c1-9-7-11(5-6-15-2)16-13-4-3-10(14)8-12(9)13/h3-4,7-8,15H,5-6H2,1-2H3. The highest BCUT2D eigenvalue weighted by Gasteiger charge is 2.03. The van der Waals surface area contributed by atoms with E-state index in [2.05, 4.69) is 10.3 Å². The van der Waals surface area contributed by atoms with E-state index in [4.69, 9.17) is 0 Å². The molecule has 16 heavy (non-hydrogen) atoms. The SMILES string of the molecule is CNCCc1cc(C)c2cc(F)ccc2n1. The Hall–Kier alpha value is -1.48. The van der Waals surface area contributed by atoms with Crippen molar-refractivity contribution >= 4 is 10.9 Å². The van der Waals surface area contributed by atoms with Crippen molar-refractivity contribution in [3.05, 3.63) is 41.3 Å². The Morgan fingerprint density at radius 2 is 2.12 bits per heavy atom. The van der Waals surface area contributed by atoms with E-state index >= 15 is 0 Å². The molecule has 0 fully saturated rings. The molecule has 0 saturated heterocycles. The summed E-state index contributed by atoms with van der Waals surface area (Å²) < 4.78 is 13.1. The fourth-order valence-corrected chi connectivity index (χ4v) is 1.82. The second kappa shape index (κ2) is 4.58. The molecule has 0 amide bonds. The van der Waals surface area contributed by atoms with Crippen LogP contribution >= 0.6 is 0 Å². The van der Waals surface area contributed by atoms with E-state index in [9.17, 15) is 4.39 Å². The molecule has 1 aromatic heterocycles. The Balaban J connectivity index is 2.46. The van der Waals surface area contributed by atoms with E-state index in [1.807, 2.05) is 20.0 Å². The van der Waals surface area contributed by atoms with Crippen molar-refractivity contribution in [3.63, 3.8) is 0 Å². The zero-order valence-electron chi connectivity index (χ0n) is 9.55. The zero-order chi connectivity index (χ0) is 11.5. The van der Waals surface area contributed by atoms with Gasteiger partial charge in [-0.25, -0.2) is 4.39 Å². The van der Waals surface area contributed by atoms with Gasteiger partial charge in [0.15, 0.2) is 0 Å². The molecule has 0 aliphatic carbocycles. The summed E-state index contributed by atoms with van der Waals surface area (Å²) in [4.78, 5) is 4.51. The van der Waals surface area contributed by atoms with Crippen LogP contribution in [0.3, 0.4) is 0 Å². The maximum atomic E-state index is 13.1. The molecule has 1 heterocycles. The van der Waals surface area contributed by atoms with Crippen LogP contribution in [0.15, 0.2) is 24.3 Å². The summed E-state index contributed by atoms with van der Waals surface area (Å²) >= 11 is 0. The van der Waals surface area contributed by atoms with Crippen LogP contribution in [0.5, 0.6) is 0 Å². The van der Waals surface area contributed by atoms with Crippen molar-refractivity contribution in [2.45, 2.75) is 13.3 Å². The zero-order valence-corrected chi connectivity index (χ0v) is 9.55. The predicted molar refractivity (Wildman–Crippen MR) is 64.1 cm³/mol. The highest BCUT2D eigenvalue weighted by atomic mass is 19.1. The summed E-state index contributed by atoms with van der Waals surface area (Å²) in [5.41, 5.74) is 2.99. The molecule has 0 unspecified atom stereocenters. The predicted octanol–water partition coefficient (Wildman–Crippen LogP) is 2.44. The van der Waals surface area contributed by atoms with Crippen LogP contribution in [0.1, 0.15) is 11.3 Å². The maximum absolute atomic E-state index is 13.1. The summed E-state index contributed by atoms with van der Waals surface area (Å²) in [5.74, 6) is -0.208. The minimum Gasteiger partial charge on any atom is -0.319 e. The first-order valence-electron chi connectivity index (χ1n) is 5.41. The molecule has 2 rings (SSSR count). The molecule has 0 aliphatic heterocycles. The molecule has 0 radical (unpaired) electrons. The molecular weight excluding hydrogens is 203 g/mol. The lowest BCUT2D eigenvalue weighted by Gasteiger charge is -2.06. The number of likely N-dealkylation sites (N-methyl/N-ethyl adjacent to an activating group) is 1. The Kier molecular flexibility index (Phi) is 3.15. The van der Waals surface area contributed by atoms with Gasteiger partial charge in [0.25, 0.3) is 0 Å². The topological polar surface area (TPSA) is 24.9 Å². The lowest BCUT2D eigenvalue weighted by Crippen LogP contribution is -2.11. The van der Waals surface area contributed by atoms with E-state index < -0.39 is 0 Å². The van der Waals surface area contributed by atoms with Crippen molar-refractivity contribution in [1.29, 1.82) is 0 Å². The molecule has 0 bridgehead atoms. The maximum Gasteiger partial charge on any atom is 0.123 e. The third-order valence-corrected chi connectivity index (χ3v) is 2.66. The highest BCUT2D eigenvalue weighted by molar-refractivity contribution is 5.82. The largest absolute Gasteiger partial charge is 0.319 e. The van der Waals surface area contributed by atoms with Crippen molar-refractivity contribution in [2.24, 2.45) is 0 Å². The van der Waals surface area contributed by atoms with Crippen molar-refractivity contribution in [2.75, 3.05) is 13.6 Å². The Morgan fingerprint density at radius 1 is 1.31 bits per heavy atom. The van der Waals surface area contributed by atoms with Crippen LogP contribution in [0.4, 0.5) is 4.39 Å². The van der Waals surface area contributed by atoms with Gasteiger partial charge in [-0.05, 0) is 43.8 Å². The third-order valence-electron chi connectivity index (χ3n) is 2.66. The first-order chi connectivity index (χ1) is 7.70. The average molecular weight is 218 g/mol. The van der Waals surface area contributed by atoms with E-state index in [0.29, 0.717) is 0 Å². The average Bonchev–Trinajstić information content (AvgIpc) is 2.27. The molecule has 2 nitrogen and oxygen atoms in total. The van der Waals surface area contributed by atoms with E-state index in [0.717, 1.165) is 35.1 Å².